The Labute approximate surface area is 119 Å². The van der Waals surface area contributed by atoms with Gasteiger partial charge in [-0.3, -0.25) is 4.79 Å². The fourth-order valence-electron chi connectivity index (χ4n) is 2.86. The Kier molecular flexibility index (Phi) is 3.63. The van der Waals surface area contributed by atoms with Crippen LogP contribution in [-0.2, 0) is 11.3 Å². The van der Waals surface area contributed by atoms with Crippen LogP contribution in [0.1, 0.15) is 37.5 Å². The summed E-state index contributed by atoms with van der Waals surface area (Å²) in [7, 11) is 0. The number of carbonyl (C=O) groups is 1. The van der Waals surface area contributed by atoms with Gasteiger partial charge in [-0.1, -0.05) is 13.0 Å². The maximum absolute atomic E-state index is 12.9. The molecule has 104 valence electrons. The predicted octanol–water partition coefficient (Wildman–Crippen LogP) is 2.63. The van der Waals surface area contributed by atoms with Gasteiger partial charge < -0.3 is 10.2 Å². The number of rotatable bonds is 4. The van der Waals surface area contributed by atoms with Crippen LogP contribution in [0.4, 0.5) is 0 Å². The van der Waals surface area contributed by atoms with Gasteiger partial charge in [0.25, 0.3) is 0 Å². The molecule has 19 heavy (non-hydrogen) atoms. The van der Waals surface area contributed by atoms with Gasteiger partial charge in [0, 0.05) is 16.3 Å². The summed E-state index contributed by atoms with van der Waals surface area (Å²) < 4.78 is 0. The number of nitrogens with zero attached hydrogens (tertiary/aromatic N) is 1. The molecule has 4 heteroatoms. The number of thiophene rings is 1. The van der Waals surface area contributed by atoms with Crippen molar-refractivity contribution in [3.63, 3.8) is 0 Å². The second-order valence-corrected chi connectivity index (χ2v) is 7.09. The molecule has 0 bridgehead atoms. The normalized spacial score (nSPS) is 22.2. The maximum Gasteiger partial charge on any atom is 0.229 e. The van der Waals surface area contributed by atoms with Crippen molar-refractivity contribution in [3.05, 3.63) is 22.4 Å². The minimum absolute atomic E-state index is 0.148. The summed E-state index contributed by atoms with van der Waals surface area (Å²) in [5.41, 5.74) is -0.148. The molecule has 0 radical (unpaired) electrons. The first-order valence-corrected chi connectivity index (χ1v) is 8.11. The molecule has 3 rings (SSSR count). The van der Waals surface area contributed by atoms with E-state index in [1.165, 1.54) is 17.7 Å². The third kappa shape index (κ3) is 2.84. The van der Waals surface area contributed by atoms with E-state index in [4.69, 9.17) is 0 Å². The van der Waals surface area contributed by atoms with Crippen LogP contribution in [0.15, 0.2) is 17.5 Å². The lowest BCUT2D eigenvalue weighted by Crippen LogP contribution is -2.48. The number of hydrogen-bond acceptors (Lipinski definition) is 3. The van der Waals surface area contributed by atoms with Gasteiger partial charge >= 0.3 is 0 Å². The van der Waals surface area contributed by atoms with Crippen LogP contribution >= 0.6 is 11.3 Å². The van der Waals surface area contributed by atoms with Gasteiger partial charge in [-0.15, -0.1) is 11.3 Å². The lowest BCUT2D eigenvalue weighted by Gasteiger charge is -2.37. The highest BCUT2D eigenvalue weighted by molar-refractivity contribution is 7.09. The minimum Gasteiger partial charge on any atom is -0.334 e. The Hall–Kier alpha value is -0.870. The third-order valence-corrected chi connectivity index (χ3v) is 5.24. The number of amides is 1. The van der Waals surface area contributed by atoms with Crippen molar-refractivity contribution in [2.24, 2.45) is 5.41 Å². The van der Waals surface area contributed by atoms with E-state index in [0.29, 0.717) is 11.9 Å². The van der Waals surface area contributed by atoms with Crippen molar-refractivity contribution in [2.45, 2.75) is 45.2 Å². The molecule has 1 aromatic heterocycles. The molecule has 3 nitrogen and oxygen atoms in total. The Bertz CT molecular complexity index is 433. The highest BCUT2D eigenvalue weighted by Gasteiger charge is 2.42. The molecular formula is C15H22N2OS. The van der Waals surface area contributed by atoms with Crippen LogP contribution in [-0.4, -0.2) is 29.9 Å². The summed E-state index contributed by atoms with van der Waals surface area (Å²) in [6.45, 7) is 4.91. The fraction of sp³-hybridized carbons (Fsp3) is 0.667. The topological polar surface area (TPSA) is 32.3 Å². The van der Waals surface area contributed by atoms with Crippen LogP contribution in [0.2, 0.25) is 0 Å². The molecule has 0 atom stereocenters. The Morgan fingerprint density at radius 1 is 1.47 bits per heavy atom. The van der Waals surface area contributed by atoms with E-state index in [2.05, 4.69) is 34.7 Å². The Morgan fingerprint density at radius 2 is 2.21 bits per heavy atom. The molecule has 2 heterocycles. The van der Waals surface area contributed by atoms with E-state index in [-0.39, 0.29) is 5.41 Å². The predicted molar refractivity (Wildman–Crippen MR) is 78.1 cm³/mol. The standard InChI is InChI=1S/C15H22N2OS/c1-15(6-8-16-9-7-15)14(18)17(12-4-5-12)11-13-3-2-10-19-13/h2-3,10,12,16H,4-9,11H2,1H3. The average molecular weight is 278 g/mol. The van der Waals surface area contributed by atoms with Crippen molar-refractivity contribution >= 4 is 17.2 Å². The van der Waals surface area contributed by atoms with Gasteiger partial charge in [-0.05, 0) is 50.2 Å². The average Bonchev–Trinajstić information content (AvgIpc) is 3.13. The molecule has 1 N–H and O–H groups in total. The first kappa shape index (κ1) is 13.1. The van der Waals surface area contributed by atoms with Gasteiger partial charge in [-0.2, -0.15) is 0 Å². The Morgan fingerprint density at radius 3 is 2.79 bits per heavy atom. The van der Waals surface area contributed by atoms with Gasteiger partial charge in [0.05, 0.1) is 6.54 Å². The number of nitrogens with one attached hydrogen (secondary N) is 1. The van der Waals surface area contributed by atoms with E-state index >= 15 is 0 Å². The lowest BCUT2D eigenvalue weighted by atomic mass is 9.79. The smallest absolute Gasteiger partial charge is 0.229 e. The summed E-state index contributed by atoms with van der Waals surface area (Å²) in [4.78, 5) is 16.4. The highest BCUT2D eigenvalue weighted by Crippen LogP contribution is 2.37. The molecule has 0 aromatic carbocycles. The molecule has 1 amide bonds. The van der Waals surface area contributed by atoms with E-state index < -0.39 is 0 Å². The SMILES string of the molecule is CC1(C(=O)N(Cc2cccs2)C2CC2)CCNCC1. The van der Waals surface area contributed by atoms with E-state index in [1.807, 2.05) is 0 Å². The summed E-state index contributed by atoms with van der Waals surface area (Å²) in [6.07, 6.45) is 4.32. The maximum atomic E-state index is 12.9. The van der Waals surface area contributed by atoms with Crippen LogP contribution in [0.3, 0.4) is 0 Å². The molecule has 2 fully saturated rings. The lowest BCUT2D eigenvalue weighted by molar-refractivity contribution is -0.144. The molecule has 1 aromatic rings. The molecule has 1 saturated heterocycles. The summed E-state index contributed by atoms with van der Waals surface area (Å²) in [5, 5.41) is 5.45. The van der Waals surface area contributed by atoms with E-state index in [9.17, 15) is 4.79 Å². The summed E-state index contributed by atoms with van der Waals surface area (Å²) in [6, 6.07) is 4.71. The van der Waals surface area contributed by atoms with Crippen LogP contribution in [0.25, 0.3) is 0 Å². The fourth-order valence-corrected chi connectivity index (χ4v) is 3.57. The molecule has 2 aliphatic rings. The Balaban J connectivity index is 1.74. The van der Waals surface area contributed by atoms with E-state index in [1.54, 1.807) is 11.3 Å². The van der Waals surface area contributed by atoms with Gasteiger partial charge in [0.2, 0.25) is 5.91 Å². The van der Waals surface area contributed by atoms with Crippen molar-refractivity contribution < 1.29 is 4.79 Å². The molecule has 0 unspecified atom stereocenters. The van der Waals surface area contributed by atoms with Crippen molar-refractivity contribution in [3.8, 4) is 0 Å². The molecule has 1 aliphatic carbocycles. The first-order valence-electron chi connectivity index (χ1n) is 7.23. The van der Waals surface area contributed by atoms with Gasteiger partial charge in [0.1, 0.15) is 0 Å². The van der Waals surface area contributed by atoms with Crippen LogP contribution < -0.4 is 5.32 Å². The van der Waals surface area contributed by atoms with E-state index in [0.717, 1.165) is 32.5 Å². The number of carbonyl (C=O) groups excluding carboxylic acids is 1. The molecular weight excluding hydrogens is 256 g/mol. The third-order valence-electron chi connectivity index (χ3n) is 4.38. The van der Waals surface area contributed by atoms with Gasteiger partial charge in [0.15, 0.2) is 0 Å². The van der Waals surface area contributed by atoms with Crippen LogP contribution in [0, 0.1) is 5.41 Å². The monoisotopic (exact) mass is 278 g/mol. The largest absolute Gasteiger partial charge is 0.334 e. The second-order valence-electron chi connectivity index (χ2n) is 6.05. The second kappa shape index (κ2) is 5.25. The van der Waals surface area contributed by atoms with Crippen LogP contribution in [0.5, 0.6) is 0 Å². The number of piperidine rings is 1. The van der Waals surface area contributed by atoms with Gasteiger partial charge in [-0.25, -0.2) is 0 Å². The highest BCUT2D eigenvalue weighted by atomic mass is 32.1. The quantitative estimate of drug-likeness (QED) is 0.918. The van der Waals surface area contributed by atoms with Crippen molar-refractivity contribution in [1.82, 2.24) is 10.2 Å². The van der Waals surface area contributed by atoms with Crippen molar-refractivity contribution in [2.75, 3.05) is 13.1 Å². The summed E-state index contributed by atoms with van der Waals surface area (Å²) in [5.74, 6) is 0.380. The minimum atomic E-state index is -0.148. The first-order chi connectivity index (χ1) is 9.19. The zero-order valence-electron chi connectivity index (χ0n) is 11.5. The zero-order valence-corrected chi connectivity index (χ0v) is 12.3. The molecule has 1 aliphatic heterocycles. The molecule has 0 spiro atoms. The number of hydrogen-bond donors (Lipinski definition) is 1. The zero-order chi connectivity index (χ0) is 13.3. The summed E-state index contributed by atoms with van der Waals surface area (Å²) >= 11 is 1.75. The van der Waals surface area contributed by atoms with Crippen molar-refractivity contribution in [1.29, 1.82) is 0 Å². The molecule has 1 saturated carbocycles.